The van der Waals surface area contributed by atoms with Crippen molar-refractivity contribution in [3.05, 3.63) is 0 Å². The minimum atomic E-state index is 0.490. The Kier molecular flexibility index (Phi) is 3.63. The van der Waals surface area contributed by atoms with Gasteiger partial charge in [0.05, 0.1) is 0 Å². The summed E-state index contributed by atoms with van der Waals surface area (Å²) in [7, 11) is 2.08. The van der Waals surface area contributed by atoms with E-state index in [1.807, 2.05) is 0 Å². The second kappa shape index (κ2) is 4.22. The third-order valence-corrected chi connectivity index (χ3v) is 3.59. The average molecular weight is 197 g/mol. The van der Waals surface area contributed by atoms with Gasteiger partial charge in [-0.25, -0.2) is 0 Å². The Morgan fingerprint density at radius 3 is 2.00 bits per heavy atom. The third kappa shape index (κ3) is 3.61. The molecule has 0 aromatic heterocycles. The normalized spacial score (nSPS) is 22.1. The van der Waals surface area contributed by atoms with Crippen molar-refractivity contribution in [1.82, 2.24) is 5.32 Å². The van der Waals surface area contributed by atoms with E-state index in [1.165, 1.54) is 32.2 Å². The molecule has 14 heavy (non-hydrogen) atoms. The molecule has 0 bridgehead atoms. The third-order valence-electron chi connectivity index (χ3n) is 3.59. The minimum absolute atomic E-state index is 0.490. The van der Waals surface area contributed by atoms with E-state index in [9.17, 15) is 0 Å². The fourth-order valence-corrected chi connectivity index (χ4v) is 2.28. The summed E-state index contributed by atoms with van der Waals surface area (Å²) in [5.74, 6) is 0.997. The van der Waals surface area contributed by atoms with Crippen LogP contribution in [0, 0.1) is 16.7 Å². The summed E-state index contributed by atoms with van der Waals surface area (Å²) in [5.41, 5.74) is 1.05. The molecule has 84 valence electrons. The van der Waals surface area contributed by atoms with Crippen LogP contribution in [0.1, 0.15) is 53.4 Å². The molecule has 1 fully saturated rings. The Morgan fingerprint density at radius 2 is 1.64 bits per heavy atom. The highest BCUT2D eigenvalue weighted by Crippen LogP contribution is 2.48. The van der Waals surface area contributed by atoms with Crippen LogP contribution in [0.5, 0.6) is 0 Å². The van der Waals surface area contributed by atoms with Crippen LogP contribution in [-0.4, -0.2) is 13.6 Å². The van der Waals surface area contributed by atoms with Gasteiger partial charge in [-0.2, -0.15) is 0 Å². The number of hydrogen-bond acceptors (Lipinski definition) is 1. The van der Waals surface area contributed by atoms with Gasteiger partial charge in [-0.15, -0.1) is 0 Å². The molecule has 1 nitrogen and oxygen atoms in total. The molecular weight excluding hydrogens is 170 g/mol. The summed E-state index contributed by atoms with van der Waals surface area (Å²) in [6.07, 6.45) is 5.65. The summed E-state index contributed by atoms with van der Waals surface area (Å²) >= 11 is 0. The highest BCUT2D eigenvalue weighted by Gasteiger charge is 2.40. The van der Waals surface area contributed by atoms with E-state index < -0.39 is 0 Å². The van der Waals surface area contributed by atoms with Gasteiger partial charge in [-0.3, -0.25) is 0 Å². The summed E-state index contributed by atoms with van der Waals surface area (Å²) in [5, 5.41) is 3.37. The van der Waals surface area contributed by atoms with Crippen molar-refractivity contribution >= 4 is 0 Å². The van der Waals surface area contributed by atoms with Crippen molar-refractivity contribution in [3.8, 4) is 0 Å². The van der Waals surface area contributed by atoms with Crippen molar-refractivity contribution in [2.75, 3.05) is 13.6 Å². The summed E-state index contributed by atoms with van der Waals surface area (Å²) in [4.78, 5) is 0. The van der Waals surface area contributed by atoms with Crippen LogP contribution in [0.2, 0.25) is 0 Å². The molecular formula is C13H27N. The van der Waals surface area contributed by atoms with Gasteiger partial charge in [0.2, 0.25) is 0 Å². The number of hydrogen-bond donors (Lipinski definition) is 1. The van der Waals surface area contributed by atoms with E-state index in [-0.39, 0.29) is 0 Å². The van der Waals surface area contributed by atoms with Crippen LogP contribution in [-0.2, 0) is 0 Å². The standard InChI is InChI=1S/C13H27N/c1-12(2,3)8-9-13(4,10-14-5)11-6-7-11/h11,14H,6-10H2,1-5H3. The van der Waals surface area contributed by atoms with Crippen LogP contribution in [0.15, 0.2) is 0 Å². The van der Waals surface area contributed by atoms with E-state index in [0.29, 0.717) is 10.8 Å². The Labute approximate surface area is 89.7 Å². The summed E-state index contributed by atoms with van der Waals surface area (Å²) < 4.78 is 0. The first-order valence-electron chi connectivity index (χ1n) is 6.02. The van der Waals surface area contributed by atoms with Gasteiger partial charge in [0.1, 0.15) is 0 Å². The Morgan fingerprint density at radius 1 is 1.07 bits per heavy atom. The average Bonchev–Trinajstić information content (AvgIpc) is 2.82. The van der Waals surface area contributed by atoms with E-state index in [0.717, 1.165) is 5.92 Å². The maximum absolute atomic E-state index is 3.37. The molecule has 1 aliphatic carbocycles. The van der Waals surface area contributed by atoms with E-state index >= 15 is 0 Å². The van der Waals surface area contributed by atoms with Crippen molar-refractivity contribution in [2.45, 2.75) is 53.4 Å². The molecule has 0 spiro atoms. The highest BCUT2D eigenvalue weighted by molar-refractivity contribution is 4.92. The van der Waals surface area contributed by atoms with E-state index in [4.69, 9.17) is 0 Å². The first-order chi connectivity index (χ1) is 6.37. The Hall–Kier alpha value is -0.0400. The number of nitrogens with one attached hydrogen (secondary N) is 1. The molecule has 1 rings (SSSR count). The van der Waals surface area contributed by atoms with Gasteiger partial charge < -0.3 is 5.32 Å². The molecule has 0 amide bonds. The maximum Gasteiger partial charge on any atom is 0.000481 e. The van der Waals surface area contributed by atoms with Gasteiger partial charge in [0.25, 0.3) is 0 Å². The van der Waals surface area contributed by atoms with Crippen molar-refractivity contribution < 1.29 is 0 Å². The molecule has 0 saturated heterocycles. The monoisotopic (exact) mass is 197 g/mol. The predicted octanol–water partition coefficient (Wildman–Crippen LogP) is 3.45. The molecule has 1 aliphatic rings. The van der Waals surface area contributed by atoms with Gasteiger partial charge >= 0.3 is 0 Å². The van der Waals surface area contributed by atoms with Crippen molar-refractivity contribution in [2.24, 2.45) is 16.7 Å². The van der Waals surface area contributed by atoms with E-state index in [1.54, 1.807) is 0 Å². The highest BCUT2D eigenvalue weighted by atomic mass is 14.8. The molecule has 0 aliphatic heterocycles. The lowest BCUT2D eigenvalue weighted by Crippen LogP contribution is -2.32. The molecule has 1 unspecified atom stereocenters. The smallest absolute Gasteiger partial charge is 0.000481 e. The van der Waals surface area contributed by atoms with Gasteiger partial charge in [-0.1, -0.05) is 27.7 Å². The fraction of sp³-hybridized carbons (Fsp3) is 1.00. The lowest BCUT2D eigenvalue weighted by molar-refractivity contribution is 0.199. The number of rotatable bonds is 5. The molecule has 0 aromatic carbocycles. The fourth-order valence-electron chi connectivity index (χ4n) is 2.28. The lowest BCUT2D eigenvalue weighted by Gasteiger charge is -2.32. The molecule has 0 heterocycles. The second-order valence-corrected chi connectivity index (χ2v) is 6.52. The molecule has 0 radical (unpaired) electrons. The zero-order chi connectivity index (χ0) is 10.8. The Bertz CT molecular complexity index is 176. The van der Waals surface area contributed by atoms with Crippen LogP contribution >= 0.6 is 0 Å². The zero-order valence-corrected chi connectivity index (χ0v) is 10.6. The SMILES string of the molecule is CNCC(C)(CCC(C)(C)C)C1CC1. The summed E-state index contributed by atoms with van der Waals surface area (Å²) in [6.45, 7) is 10.7. The van der Waals surface area contributed by atoms with Gasteiger partial charge in [-0.05, 0) is 49.5 Å². The second-order valence-electron chi connectivity index (χ2n) is 6.52. The quantitative estimate of drug-likeness (QED) is 0.712. The molecule has 1 atom stereocenters. The Balaban J connectivity index is 2.43. The molecule has 0 aromatic rings. The van der Waals surface area contributed by atoms with Crippen LogP contribution in [0.25, 0.3) is 0 Å². The lowest BCUT2D eigenvalue weighted by atomic mass is 9.75. The maximum atomic E-state index is 3.37. The molecule has 1 saturated carbocycles. The first kappa shape index (κ1) is 12.0. The van der Waals surface area contributed by atoms with Crippen LogP contribution in [0.4, 0.5) is 0 Å². The van der Waals surface area contributed by atoms with Gasteiger partial charge in [0.15, 0.2) is 0 Å². The van der Waals surface area contributed by atoms with Crippen molar-refractivity contribution in [1.29, 1.82) is 0 Å². The topological polar surface area (TPSA) is 12.0 Å². The zero-order valence-electron chi connectivity index (χ0n) is 10.6. The first-order valence-corrected chi connectivity index (χ1v) is 6.02. The van der Waals surface area contributed by atoms with Crippen molar-refractivity contribution in [3.63, 3.8) is 0 Å². The largest absolute Gasteiger partial charge is 0.319 e. The molecule has 1 N–H and O–H groups in total. The van der Waals surface area contributed by atoms with Crippen LogP contribution < -0.4 is 5.32 Å². The minimum Gasteiger partial charge on any atom is -0.319 e. The van der Waals surface area contributed by atoms with E-state index in [2.05, 4.69) is 40.1 Å². The van der Waals surface area contributed by atoms with Crippen LogP contribution in [0.3, 0.4) is 0 Å². The van der Waals surface area contributed by atoms with Gasteiger partial charge in [0, 0.05) is 6.54 Å². The molecule has 1 heteroatoms. The summed E-state index contributed by atoms with van der Waals surface area (Å²) in [6, 6.07) is 0. The predicted molar refractivity (Wildman–Crippen MR) is 63.4 cm³/mol.